The summed E-state index contributed by atoms with van der Waals surface area (Å²) < 4.78 is 20.7. The van der Waals surface area contributed by atoms with Crippen LogP contribution in [0.3, 0.4) is 0 Å². The minimum atomic E-state index is -2.21. The van der Waals surface area contributed by atoms with Gasteiger partial charge in [-0.15, -0.1) is 0 Å². The van der Waals surface area contributed by atoms with Crippen LogP contribution in [-0.4, -0.2) is 11.3 Å². The maximum atomic E-state index is 10.9. The van der Waals surface area contributed by atoms with Crippen LogP contribution in [0.4, 0.5) is 0 Å². The summed E-state index contributed by atoms with van der Waals surface area (Å²) in [6.45, 7) is 4.04. The Balaban J connectivity index is 2.91. The number of hydrogen-bond donors (Lipinski definition) is 0. The monoisotopic (exact) mass is 353 g/mol. The van der Waals surface area contributed by atoms with Crippen LogP contribution in [0, 0.1) is 13.8 Å². The Hall–Kier alpha value is 0.290. The van der Waals surface area contributed by atoms with Crippen molar-refractivity contribution in [2.24, 2.45) is 0 Å². The molecule has 0 N–H and O–H groups in total. The van der Waals surface area contributed by atoms with Crippen LogP contribution in [0.15, 0.2) is 18.2 Å². The highest BCUT2D eigenvalue weighted by Crippen LogP contribution is 2.33. The lowest BCUT2D eigenvalue weighted by atomic mass is 10.1. The zero-order chi connectivity index (χ0) is 11.6. The third-order valence-corrected chi connectivity index (χ3v) is 5.00. The summed E-state index contributed by atoms with van der Waals surface area (Å²) in [6.07, 6.45) is 0.393. The molecule has 0 aliphatic rings. The number of alkyl halides is 2. The lowest BCUT2D eigenvalue weighted by Gasteiger charge is -2.23. The summed E-state index contributed by atoms with van der Waals surface area (Å²) in [7, 11) is 0. The van der Waals surface area contributed by atoms with E-state index < -0.39 is 13.6 Å². The summed E-state index contributed by atoms with van der Waals surface area (Å²) in [4.78, 5) is 0. The molecule has 0 saturated carbocycles. The van der Waals surface area contributed by atoms with E-state index in [1.807, 2.05) is 32.0 Å². The summed E-state index contributed by atoms with van der Waals surface area (Å²) in [6, 6.07) is 5.93. The average Bonchev–Trinajstić information content (AvgIpc) is 2.10. The normalized spacial score (nSPS) is 13.9. The largest absolute Gasteiger partial charge is 0.771 e. The van der Waals surface area contributed by atoms with E-state index in [0.29, 0.717) is 6.42 Å². The molecule has 0 amide bonds. The minimum absolute atomic E-state index is 0.393. The third kappa shape index (κ3) is 3.66. The van der Waals surface area contributed by atoms with Gasteiger partial charge in [0.15, 0.2) is 0 Å². The molecule has 1 atom stereocenters. The first-order valence-corrected chi connectivity index (χ1v) is 7.02. The molecule has 1 aromatic carbocycles. The maximum absolute atomic E-state index is 10.9. The van der Waals surface area contributed by atoms with Crippen molar-refractivity contribution in [3.63, 3.8) is 0 Å². The van der Waals surface area contributed by atoms with Crippen LogP contribution < -0.4 is 0 Å². The average molecular weight is 355 g/mol. The predicted molar refractivity (Wildman–Crippen MR) is 69.1 cm³/mol. The Morgan fingerprint density at radius 2 is 1.93 bits per heavy atom. The van der Waals surface area contributed by atoms with Crippen molar-refractivity contribution in [3.05, 3.63) is 34.9 Å². The van der Waals surface area contributed by atoms with Gasteiger partial charge in [-0.1, -0.05) is 50.1 Å². The molecular formula is C10H11Br2O2S-. The predicted octanol–water partition coefficient (Wildman–Crippen LogP) is 3.17. The van der Waals surface area contributed by atoms with Crippen LogP contribution in [0.2, 0.25) is 0 Å². The van der Waals surface area contributed by atoms with Crippen molar-refractivity contribution in [1.82, 2.24) is 0 Å². The van der Waals surface area contributed by atoms with Gasteiger partial charge in [0.2, 0.25) is 0 Å². The van der Waals surface area contributed by atoms with E-state index in [9.17, 15) is 8.76 Å². The zero-order valence-corrected chi connectivity index (χ0v) is 12.4. The molecule has 1 aromatic rings. The molecule has 1 rings (SSSR count). The number of benzene rings is 1. The Morgan fingerprint density at radius 1 is 1.33 bits per heavy atom. The van der Waals surface area contributed by atoms with E-state index in [-0.39, 0.29) is 0 Å². The number of hydrogen-bond acceptors (Lipinski definition) is 2. The van der Waals surface area contributed by atoms with Crippen LogP contribution in [0.1, 0.15) is 16.7 Å². The molecule has 0 aliphatic carbocycles. The van der Waals surface area contributed by atoms with Crippen molar-refractivity contribution in [3.8, 4) is 0 Å². The highest BCUT2D eigenvalue weighted by molar-refractivity contribution is 9.27. The number of halogens is 2. The standard InChI is InChI=1S/C10H12Br2O2S/c1-7-3-4-9(5-8(7)2)6-10(11,12)15(13)14/h3-5H,6H2,1-2H3,(H,13,14)/p-1. The van der Waals surface area contributed by atoms with Crippen molar-refractivity contribution >= 4 is 42.9 Å². The van der Waals surface area contributed by atoms with Gasteiger partial charge in [0.1, 0.15) is 2.57 Å². The SMILES string of the molecule is Cc1ccc(CC(Br)(Br)S(=O)[O-])cc1C. The van der Waals surface area contributed by atoms with Gasteiger partial charge < -0.3 is 4.55 Å². The van der Waals surface area contributed by atoms with Gasteiger partial charge in [-0.2, -0.15) is 0 Å². The molecule has 2 nitrogen and oxygen atoms in total. The lowest BCUT2D eigenvalue weighted by molar-refractivity contribution is 0.532. The summed E-state index contributed by atoms with van der Waals surface area (Å²) in [5.41, 5.74) is 3.35. The van der Waals surface area contributed by atoms with Gasteiger partial charge >= 0.3 is 0 Å². The minimum Gasteiger partial charge on any atom is -0.771 e. The highest BCUT2D eigenvalue weighted by atomic mass is 79.9. The van der Waals surface area contributed by atoms with Crippen LogP contribution >= 0.6 is 31.9 Å². The third-order valence-electron chi connectivity index (χ3n) is 2.23. The molecule has 0 bridgehead atoms. The van der Waals surface area contributed by atoms with Gasteiger partial charge in [-0.05, 0) is 41.6 Å². The fourth-order valence-electron chi connectivity index (χ4n) is 1.21. The number of rotatable bonds is 3. The lowest BCUT2D eigenvalue weighted by Crippen LogP contribution is -2.21. The Bertz CT molecular complexity index is 391. The Morgan fingerprint density at radius 3 is 2.40 bits per heavy atom. The molecule has 1 unspecified atom stereocenters. The van der Waals surface area contributed by atoms with E-state index in [2.05, 4.69) is 31.9 Å². The van der Waals surface area contributed by atoms with Crippen molar-refractivity contribution in [2.45, 2.75) is 22.8 Å². The molecular weight excluding hydrogens is 344 g/mol. The van der Waals surface area contributed by atoms with E-state index in [1.165, 1.54) is 11.1 Å². The van der Waals surface area contributed by atoms with E-state index in [0.717, 1.165) is 5.56 Å². The zero-order valence-electron chi connectivity index (χ0n) is 8.42. The van der Waals surface area contributed by atoms with Crippen LogP contribution in [0.5, 0.6) is 0 Å². The molecule has 0 saturated heterocycles. The first-order valence-electron chi connectivity index (χ1n) is 4.36. The summed E-state index contributed by atoms with van der Waals surface area (Å²) >= 11 is 4.06. The molecule has 84 valence electrons. The fourth-order valence-corrected chi connectivity index (χ4v) is 2.14. The second-order valence-corrected chi connectivity index (χ2v) is 9.46. The van der Waals surface area contributed by atoms with Crippen LogP contribution in [0.25, 0.3) is 0 Å². The molecule has 0 aromatic heterocycles. The summed E-state index contributed by atoms with van der Waals surface area (Å²) in [5, 5.41) is 0. The molecule has 15 heavy (non-hydrogen) atoms. The van der Waals surface area contributed by atoms with E-state index >= 15 is 0 Å². The van der Waals surface area contributed by atoms with Gasteiger partial charge in [0.25, 0.3) is 0 Å². The van der Waals surface area contributed by atoms with Gasteiger partial charge in [0, 0.05) is 6.42 Å². The Kier molecular flexibility index (Phi) is 4.52. The van der Waals surface area contributed by atoms with Crippen molar-refractivity contribution in [2.75, 3.05) is 0 Å². The second kappa shape index (κ2) is 5.08. The number of aryl methyl sites for hydroxylation is 2. The fraction of sp³-hybridized carbons (Fsp3) is 0.400. The molecule has 0 fully saturated rings. The van der Waals surface area contributed by atoms with Gasteiger partial charge in [-0.25, -0.2) is 0 Å². The molecule has 5 heteroatoms. The highest BCUT2D eigenvalue weighted by Gasteiger charge is 2.24. The maximum Gasteiger partial charge on any atom is 0.145 e. The Labute approximate surface area is 109 Å². The quantitative estimate of drug-likeness (QED) is 0.617. The first kappa shape index (κ1) is 13.4. The molecule has 0 spiro atoms. The smallest absolute Gasteiger partial charge is 0.145 e. The summed E-state index contributed by atoms with van der Waals surface area (Å²) in [5.74, 6) is 0. The van der Waals surface area contributed by atoms with Gasteiger partial charge in [0.05, 0.1) is 0 Å². The van der Waals surface area contributed by atoms with Crippen LogP contribution in [-0.2, 0) is 17.5 Å². The van der Waals surface area contributed by atoms with E-state index in [1.54, 1.807) is 0 Å². The van der Waals surface area contributed by atoms with E-state index in [4.69, 9.17) is 0 Å². The topological polar surface area (TPSA) is 40.1 Å². The molecule has 0 heterocycles. The van der Waals surface area contributed by atoms with Gasteiger partial charge in [-0.3, -0.25) is 4.21 Å². The molecule has 0 radical (unpaired) electrons. The first-order chi connectivity index (χ1) is 6.83. The van der Waals surface area contributed by atoms with Crippen molar-refractivity contribution in [1.29, 1.82) is 0 Å². The van der Waals surface area contributed by atoms with Crippen molar-refractivity contribution < 1.29 is 8.76 Å². The molecule has 0 aliphatic heterocycles. The second-order valence-electron chi connectivity index (χ2n) is 3.47.